The highest BCUT2D eigenvalue weighted by atomic mass is 32.3. The molecule has 4 N–H and O–H groups in total. The predicted molar refractivity (Wildman–Crippen MR) is 147 cm³/mol. The summed E-state index contributed by atoms with van der Waals surface area (Å²) in [5.41, 5.74) is 0. The first-order valence-electron chi connectivity index (χ1n) is 14.4. The van der Waals surface area contributed by atoms with Crippen LogP contribution in [-0.4, -0.2) is 97.5 Å². The maximum Gasteiger partial charge on any atom is 0.397 e. The highest BCUT2D eigenvalue weighted by Crippen LogP contribution is 2.25. The van der Waals surface area contributed by atoms with Crippen LogP contribution < -0.4 is 0 Å². The standard InChI is InChI=1S/C27H50O12S/c1-3-5-6-7-8-9-10-11-12-13-14-15-17-35-19-21(37-23(29)16-4-2)20-36-27-25(31)26(39-40(32,33)34)24(30)22(18-28)38-27/h7-8,21-22,24-28,30-31H,3-6,9-20H2,1-2H3,(H,32,33,34)/b8-7-. The monoisotopic (exact) mass is 598 g/mol. The lowest BCUT2D eigenvalue weighted by atomic mass is 9.99. The highest BCUT2D eigenvalue weighted by molar-refractivity contribution is 7.80. The fourth-order valence-electron chi connectivity index (χ4n) is 4.16. The number of aliphatic hydroxyl groups excluding tert-OH is 3. The van der Waals surface area contributed by atoms with Crippen LogP contribution in [0.25, 0.3) is 0 Å². The van der Waals surface area contributed by atoms with Gasteiger partial charge in [-0.1, -0.05) is 64.5 Å². The summed E-state index contributed by atoms with van der Waals surface area (Å²) in [7, 11) is -5.04. The van der Waals surface area contributed by atoms with Crippen molar-refractivity contribution in [3.63, 3.8) is 0 Å². The normalized spacial score (nSPS) is 24.4. The van der Waals surface area contributed by atoms with Gasteiger partial charge in [0.25, 0.3) is 0 Å². The van der Waals surface area contributed by atoms with Crippen LogP contribution in [0.5, 0.6) is 0 Å². The average Bonchev–Trinajstić information content (AvgIpc) is 2.90. The lowest BCUT2D eigenvalue weighted by Crippen LogP contribution is -2.60. The molecule has 12 nitrogen and oxygen atoms in total. The minimum absolute atomic E-state index is 0.0274. The second kappa shape index (κ2) is 21.5. The molecule has 1 heterocycles. The van der Waals surface area contributed by atoms with Crippen molar-refractivity contribution in [3.05, 3.63) is 12.2 Å². The molecular weight excluding hydrogens is 548 g/mol. The van der Waals surface area contributed by atoms with Crippen LogP contribution in [0, 0.1) is 0 Å². The molecule has 6 atom stereocenters. The number of unbranched alkanes of at least 4 members (excludes halogenated alkanes) is 8. The van der Waals surface area contributed by atoms with Crippen LogP contribution in [0.4, 0.5) is 0 Å². The number of carbonyl (C=O) groups is 1. The summed E-state index contributed by atoms with van der Waals surface area (Å²) in [6.07, 6.45) is 7.41. The van der Waals surface area contributed by atoms with Crippen molar-refractivity contribution in [1.82, 2.24) is 0 Å². The number of allylic oxidation sites excluding steroid dienone is 2. The number of hydrogen-bond acceptors (Lipinski definition) is 11. The zero-order valence-electron chi connectivity index (χ0n) is 23.9. The number of rotatable bonds is 23. The highest BCUT2D eigenvalue weighted by Gasteiger charge is 2.48. The third-order valence-corrected chi connectivity index (χ3v) is 6.82. The third kappa shape index (κ3) is 16.3. The largest absolute Gasteiger partial charge is 0.457 e. The van der Waals surface area contributed by atoms with Gasteiger partial charge in [0.05, 0.1) is 19.8 Å². The van der Waals surface area contributed by atoms with E-state index < -0.39 is 59.8 Å². The van der Waals surface area contributed by atoms with Gasteiger partial charge in [-0.3, -0.25) is 9.35 Å². The summed E-state index contributed by atoms with van der Waals surface area (Å²) in [5, 5.41) is 30.0. The minimum Gasteiger partial charge on any atom is -0.457 e. The Morgan fingerprint density at radius 3 is 2.20 bits per heavy atom. The van der Waals surface area contributed by atoms with Gasteiger partial charge in [-0.2, -0.15) is 8.42 Å². The van der Waals surface area contributed by atoms with Gasteiger partial charge in [-0.25, -0.2) is 4.18 Å². The second-order valence-corrected chi connectivity index (χ2v) is 11.0. The van der Waals surface area contributed by atoms with Gasteiger partial charge in [0.15, 0.2) is 6.29 Å². The van der Waals surface area contributed by atoms with Crippen LogP contribution in [0.3, 0.4) is 0 Å². The van der Waals surface area contributed by atoms with Gasteiger partial charge in [0.1, 0.15) is 30.5 Å². The molecule has 13 heteroatoms. The third-order valence-electron chi connectivity index (χ3n) is 6.36. The maximum absolute atomic E-state index is 12.1. The molecule has 6 unspecified atom stereocenters. The predicted octanol–water partition coefficient (Wildman–Crippen LogP) is 2.84. The van der Waals surface area contributed by atoms with Gasteiger partial charge in [-0.15, -0.1) is 0 Å². The molecule has 1 rings (SSSR count). The van der Waals surface area contributed by atoms with Gasteiger partial charge >= 0.3 is 16.4 Å². The molecule has 0 amide bonds. The molecule has 0 bridgehead atoms. The van der Waals surface area contributed by atoms with E-state index in [2.05, 4.69) is 23.3 Å². The topological polar surface area (TPSA) is 178 Å². The minimum atomic E-state index is -5.04. The first-order chi connectivity index (χ1) is 19.1. The van der Waals surface area contributed by atoms with Crippen LogP contribution in [0.2, 0.25) is 0 Å². The summed E-state index contributed by atoms with van der Waals surface area (Å²) < 4.78 is 57.6. The van der Waals surface area contributed by atoms with Crippen molar-refractivity contribution in [3.8, 4) is 0 Å². The van der Waals surface area contributed by atoms with Gasteiger partial charge < -0.3 is 34.3 Å². The number of ether oxygens (including phenoxy) is 4. The fourth-order valence-corrected chi connectivity index (χ4v) is 4.67. The van der Waals surface area contributed by atoms with E-state index in [9.17, 15) is 28.5 Å². The summed E-state index contributed by atoms with van der Waals surface area (Å²) in [6.45, 7) is 3.49. The maximum atomic E-state index is 12.1. The van der Waals surface area contributed by atoms with Crippen LogP contribution >= 0.6 is 0 Å². The lowest BCUT2D eigenvalue weighted by molar-refractivity contribution is -0.301. The van der Waals surface area contributed by atoms with E-state index in [0.29, 0.717) is 13.0 Å². The molecule has 1 fully saturated rings. The zero-order valence-corrected chi connectivity index (χ0v) is 24.7. The van der Waals surface area contributed by atoms with Crippen molar-refractivity contribution in [2.45, 2.75) is 128 Å². The summed E-state index contributed by atoms with van der Waals surface area (Å²) in [5.74, 6) is -0.457. The van der Waals surface area contributed by atoms with Crippen LogP contribution in [-0.2, 0) is 38.3 Å². The van der Waals surface area contributed by atoms with E-state index in [-0.39, 0.29) is 19.6 Å². The van der Waals surface area contributed by atoms with Crippen molar-refractivity contribution in [2.24, 2.45) is 0 Å². The van der Waals surface area contributed by atoms with Crippen LogP contribution in [0.1, 0.15) is 90.9 Å². The van der Waals surface area contributed by atoms with Crippen molar-refractivity contribution in [2.75, 3.05) is 26.4 Å². The Kier molecular flexibility index (Phi) is 19.8. The quantitative estimate of drug-likeness (QED) is 0.0586. The summed E-state index contributed by atoms with van der Waals surface area (Å²) in [6, 6.07) is 0. The molecule has 1 aliphatic rings. The van der Waals surface area contributed by atoms with Crippen LogP contribution in [0.15, 0.2) is 12.2 Å². The first kappa shape index (κ1) is 36.9. The Bertz CT molecular complexity index is 790. The first-order valence-corrected chi connectivity index (χ1v) is 15.8. The van der Waals surface area contributed by atoms with Crippen molar-refractivity contribution in [1.29, 1.82) is 0 Å². The number of carbonyl (C=O) groups excluding carboxylic acids is 1. The molecule has 40 heavy (non-hydrogen) atoms. The van der Waals surface area contributed by atoms with E-state index in [4.69, 9.17) is 23.5 Å². The molecule has 1 aliphatic heterocycles. The fraction of sp³-hybridized carbons (Fsp3) is 0.889. The Morgan fingerprint density at radius 2 is 1.57 bits per heavy atom. The smallest absolute Gasteiger partial charge is 0.397 e. The Labute approximate surface area is 238 Å². The van der Waals surface area contributed by atoms with Crippen molar-refractivity contribution < 1.29 is 56.2 Å². The molecule has 0 aliphatic carbocycles. The number of esters is 1. The molecule has 0 aromatic rings. The number of hydrogen-bond donors (Lipinski definition) is 4. The van der Waals surface area contributed by atoms with E-state index in [1.54, 1.807) is 0 Å². The van der Waals surface area contributed by atoms with Gasteiger partial charge in [0, 0.05) is 13.0 Å². The molecular formula is C27H50O12S. The summed E-state index contributed by atoms with van der Waals surface area (Å²) in [4.78, 5) is 12.1. The van der Waals surface area contributed by atoms with E-state index in [1.807, 2.05) is 6.92 Å². The van der Waals surface area contributed by atoms with E-state index in [1.165, 1.54) is 38.5 Å². The molecule has 0 spiro atoms. The molecule has 0 aromatic heterocycles. The van der Waals surface area contributed by atoms with Gasteiger partial charge in [0.2, 0.25) is 0 Å². The van der Waals surface area contributed by atoms with Gasteiger partial charge in [-0.05, 0) is 32.1 Å². The summed E-state index contributed by atoms with van der Waals surface area (Å²) >= 11 is 0. The molecule has 1 saturated heterocycles. The SMILES string of the molecule is CCCC/C=C\CCCCCCCCOCC(COC1OC(CO)C(O)C(OS(=O)(=O)O)C1O)OC(=O)CCC. The molecule has 0 radical (unpaired) electrons. The Morgan fingerprint density at radius 1 is 0.925 bits per heavy atom. The Balaban J connectivity index is 2.45. The molecule has 0 aromatic carbocycles. The van der Waals surface area contributed by atoms with E-state index >= 15 is 0 Å². The number of aliphatic hydroxyl groups is 3. The molecule has 0 saturated carbocycles. The van der Waals surface area contributed by atoms with Crippen molar-refractivity contribution >= 4 is 16.4 Å². The average molecular weight is 599 g/mol. The Hall–Kier alpha value is -1.16. The lowest BCUT2D eigenvalue weighted by Gasteiger charge is -2.41. The molecule has 236 valence electrons. The zero-order chi connectivity index (χ0) is 29.8. The second-order valence-electron chi connectivity index (χ2n) is 9.99. The van der Waals surface area contributed by atoms with E-state index in [0.717, 1.165) is 25.7 Å².